The predicted molar refractivity (Wildman–Crippen MR) is 71.9 cm³/mol. The SMILES string of the molecule is O=C(CNc1cccc(C(F)(F)F)c1)NCC1CCCO1. The van der Waals surface area contributed by atoms with Crippen molar-refractivity contribution in [3.63, 3.8) is 0 Å². The minimum atomic E-state index is -4.39. The van der Waals surface area contributed by atoms with Crippen LogP contribution in [0.5, 0.6) is 0 Å². The van der Waals surface area contributed by atoms with Crippen LogP contribution in [0.4, 0.5) is 18.9 Å². The zero-order chi connectivity index (χ0) is 15.3. The van der Waals surface area contributed by atoms with E-state index in [4.69, 9.17) is 4.74 Å². The summed E-state index contributed by atoms with van der Waals surface area (Å²) >= 11 is 0. The van der Waals surface area contributed by atoms with Crippen LogP contribution in [0.2, 0.25) is 0 Å². The largest absolute Gasteiger partial charge is 0.416 e. The number of alkyl halides is 3. The van der Waals surface area contributed by atoms with Crippen LogP contribution < -0.4 is 10.6 Å². The minimum absolute atomic E-state index is 0.0440. The van der Waals surface area contributed by atoms with Gasteiger partial charge >= 0.3 is 6.18 Å². The number of halogens is 3. The van der Waals surface area contributed by atoms with Gasteiger partial charge in [0.15, 0.2) is 0 Å². The number of carbonyl (C=O) groups is 1. The van der Waals surface area contributed by atoms with Gasteiger partial charge in [-0.25, -0.2) is 0 Å². The van der Waals surface area contributed by atoms with Gasteiger partial charge in [-0.05, 0) is 31.0 Å². The Kier molecular flexibility index (Phi) is 5.06. The van der Waals surface area contributed by atoms with Crippen LogP contribution in [0, 0.1) is 0 Å². The summed E-state index contributed by atoms with van der Waals surface area (Å²) in [5.41, 5.74) is -0.482. The first-order valence-electron chi connectivity index (χ1n) is 6.74. The maximum absolute atomic E-state index is 12.5. The van der Waals surface area contributed by atoms with Gasteiger partial charge in [0.25, 0.3) is 0 Å². The van der Waals surface area contributed by atoms with Gasteiger partial charge in [-0.3, -0.25) is 4.79 Å². The van der Waals surface area contributed by atoms with Gasteiger partial charge in [0.05, 0.1) is 18.2 Å². The van der Waals surface area contributed by atoms with Crippen LogP contribution >= 0.6 is 0 Å². The first kappa shape index (κ1) is 15.6. The molecule has 1 saturated heterocycles. The first-order valence-corrected chi connectivity index (χ1v) is 6.74. The molecule has 0 saturated carbocycles. The second-order valence-corrected chi connectivity index (χ2v) is 4.87. The Bertz CT molecular complexity index is 485. The molecule has 116 valence electrons. The van der Waals surface area contributed by atoms with Crippen LogP contribution in [-0.4, -0.2) is 31.7 Å². The molecular formula is C14H17F3N2O2. The van der Waals surface area contributed by atoms with Gasteiger partial charge in [-0.2, -0.15) is 13.2 Å². The number of benzene rings is 1. The first-order chi connectivity index (χ1) is 9.95. The quantitative estimate of drug-likeness (QED) is 0.878. The zero-order valence-electron chi connectivity index (χ0n) is 11.4. The molecule has 0 radical (unpaired) electrons. The lowest BCUT2D eigenvalue weighted by Gasteiger charge is -2.12. The Hall–Kier alpha value is -1.76. The topological polar surface area (TPSA) is 50.4 Å². The normalized spacial score (nSPS) is 18.5. The summed E-state index contributed by atoms with van der Waals surface area (Å²) < 4.78 is 43.0. The molecule has 4 nitrogen and oxygen atoms in total. The van der Waals surface area contributed by atoms with Crippen molar-refractivity contribution < 1.29 is 22.7 Å². The summed E-state index contributed by atoms with van der Waals surface area (Å²) in [6.45, 7) is 1.07. The molecule has 0 aromatic heterocycles. The molecule has 0 aliphatic carbocycles. The molecule has 1 aliphatic rings. The van der Waals surface area contributed by atoms with Crippen molar-refractivity contribution in [3.05, 3.63) is 29.8 Å². The molecule has 1 heterocycles. The van der Waals surface area contributed by atoms with Crippen molar-refractivity contribution >= 4 is 11.6 Å². The highest BCUT2D eigenvalue weighted by Crippen LogP contribution is 2.30. The molecule has 1 aliphatic heterocycles. The summed E-state index contributed by atoms with van der Waals surface area (Å²) in [4.78, 5) is 11.6. The molecule has 7 heteroatoms. The lowest BCUT2D eigenvalue weighted by atomic mass is 10.2. The number of hydrogen-bond donors (Lipinski definition) is 2. The van der Waals surface area contributed by atoms with Gasteiger partial charge in [-0.15, -0.1) is 0 Å². The van der Waals surface area contributed by atoms with Crippen LogP contribution in [0.3, 0.4) is 0 Å². The van der Waals surface area contributed by atoms with Crippen LogP contribution in [0.1, 0.15) is 18.4 Å². The molecular weight excluding hydrogens is 285 g/mol. The highest BCUT2D eigenvalue weighted by Gasteiger charge is 2.30. The second kappa shape index (κ2) is 6.80. The number of rotatable bonds is 5. The number of nitrogens with one attached hydrogen (secondary N) is 2. The van der Waals surface area contributed by atoms with Crippen LogP contribution in [0.25, 0.3) is 0 Å². The highest BCUT2D eigenvalue weighted by molar-refractivity contribution is 5.80. The monoisotopic (exact) mass is 302 g/mol. The molecule has 1 amide bonds. The predicted octanol–water partition coefficient (Wildman–Crippen LogP) is 2.41. The van der Waals surface area contributed by atoms with Gasteiger partial charge < -0.3 is 15.4 Å². The van der Waals surface area contributed by atoms with E-state index in [0.717, 1.165) is 25.0 Å². The molecule has 1 fully saturated rings. The van der Waals surface area contributed by atoms with Crippen molar-refractivity contribution in [2.24, 2.45) is 0 Å². The van der Waals surface area contributed by atoms with Crippen LogP contribution in [-0.2, 0) is 15.7 Å². The van der Waals surface area contributed by atoms with Crippen molar-refractivity contribution in [2.45, 2.75) is 25.1 Å². The maximum Gasteiger partial charge on any atom is 0.416 e. The third-order valence-electron chi connectivity index (χ3n) is 3.19. The van der Waals surface area contributed by atoms with E-state index >= 15 is 0 Å². The molecule has 0 bridgehead atoms. The number of anilines is 1. The van der Waals surface area contributed by atoms with E-state index in [1.165, 1.54) is 12.1 Å². The smallest absolute Gasteiger partial charge is 0.376 e. The summed E-state index contributed by atoms with van der Waals surface area (Å²) in [5.74, 6) is -0.275. The third kappa shape index (κ3) is 4.93. The maximum atomic E-state index is 12.5. The molecule has 1 atom stereocenters. The summed E-state index contributed by atoms with van der Waals surface area (Å²) in [6, 6.07) is 4.76. The fraction of sp³-hybridized carbons (Fsp3) is 0.500. The molecule has 0 spiro atoms. The number of hydrogen-bond acceptors (Lipinski definition) is 3. The Morgan fingerprint density at radius 2 is 2.19 bits per heavy atom. The van der Waals surface area contributed by atoms with E-state index in [9.17, 15) is 18.0 Å². The molecule has 1 aromatic carbocycles. The summed E-state index contributed by atoms with van der Waals surface area (Å²) in [6.07, 6.45) is -2.44. The molecule has 2 rings (SSSR count). The fourth-order valence-corrected chi connectivity index (χ4v) is 2.08. The van der Waals surface area contributed by atoms with Gasteiger partial charge in [-0.1, -0.05) is 6.07 Å². The number of ether oxygens (including phenoxy) is 1. The second-order valence-electron chi connectivity index (χ2n) is 4.87. The standard InChI is InChI=1S/C14H17F3N2O2/c15-14(16,17)10-3-1-4-11(7-10)18-9-13(20)19-8-12-5-2-6-21-12/h1,3-4,7,12,18H,2,5-6,8-9H2,(H,19,20). The fourth-order valence-electron chi connectivity index (χ4n) is 2.08. The average Bonchev–Trinajstić information content (AvgIpc) is 2.95. The van der Waals surface area contributed by atoms with Crippen molar-refractivity contribution in [2.75, 3.05) is 25.0 Å². The van der Waals surface area contributed by atoms with E-state index in [1.807, 2.05) is 0 Å². The van der Waals surface area contributed by atoms with Crippen LogP contribution in [0.15, 0.2) is 24.3 Å². The lowest BCUT2D eigenvalue weighted by Crippen LogP contribution is -2.35. The molecule has 21 heavy (non-hydrogen) atoms. The zero-order valence-corrected chi connectivity index (χ0v) is 11.4. The van der Waals surface area contributed by atoms with E-state index in [0.29, 0.717) is 13.2 Å². The number of amides is 1. The lowest BCUT2D eigenvalue weighted by molar-refractivity contribution is -0.137. The van der Waals surface area contributed by atoms with Gasteiger partial charge in [0.1, 0.15) is 0 Å². The Balaban J connectivity index is 1.78. The van der Waals surface area contributed by atoms with Crippen molar-refractivity contribution in [1.82, 2.24) is 5.32 Å². The molecule has 1 aromatic rings. The summed E-state index contributed by atoms with van der Waals surface area (Å²) in [7, 11) is 0. The van der Waals surface area contributed by atoms with Gasteiger partial charge in [0.2, 0.25) is 5.91 Å². The summed E-state index contributed by atoms with van der Waals surface area (Å²) in [5, 5.41) is 5.37. The van der Waals surface area contributed by atoms with E-state index < -0.39 is 11.7 Å². The Morgan fingerprint density at radius 3 is 2.86 bits per heavy atom. The Labute approximate surface area is 120 Å². The van der Waals surface area contributed by atoms with Crippen molar-refractivity contribution in [3.8, 4) is 0 Å². The Morgan fingerprint density at radius 1 is 1.38 bits per heavy atom. The highest BCUT2D eigenvalue weighted by atomic mass is 19.4. The van der Waals surface area contributed by atoms with E-state index in [-0.39, 0.29) is 24.2 Å². The number of carbonyl (C=O) groups excluding carboxylic acids is 1. The molecule has 1 unspecified atom stereocenters. The average molecular weight is 302 g/mol. The minimum Gasteiger partial charge on any atom is -0.376 e. The van der Waals surface area contributed by atoms with E-state index in [1.54, 1.807) is 0 Å². The third-order valence-corrected chi connectivity index (χ3v) is 3.19. The van der Waals surface area contributed by atoms with Crippen molar-refractivity contribution in [1.29, 1.82) is 0 Å². The van der Waals surface area contributed by atoms with E-state index in [2.05, 4.69) is 10.6 Å². The van der Waals surface area contributed by atoms with Gasteiger partial charge in [0, 0.05) is 18.8 Å². The molecule has 2 N–H and O–H groups in total.